The van der Waals surface area contributed by atoms with Gasteiger partial charge in [0.1, 0.15) is 0 Å². The average molecular weight is 261 g/mol. The summed E-state index contributed by atoms with van der Waals surface area (Å²) < 4.78 is 0. The van der Waals surface area contributed by atoms with Crippen molar-refractivity contribution in [3.05, 3.63) is 48.0 Å². The van der Waals surface area contributed by atoms with Gasteiger partial charge in [0.2, 0.25) is 0 Å². The van der Waals surface area contributed by atoms with E-state index in [1.54, 1.807) is 0 Å². The molecule has 0 radical (unpaired) electrons. The van der Waals surface area contributed by atoms with Crippen LogP contribution in [0.4, 0.5) is 0 Å². The molecule has 96 valence electrons. The smallest absolute Gasteiger partial charge is 0.0703 e. The Morgan fingerprint density at radius 1 is 1.17 bits per heavy atom. The van der Waals surface area contributed by atoms with Crippen molar-refractivity contribution in [3.63, 3.8) is 0 Å². The minimum Gasteiger partial charge on any atom is -0.411 e. The molecular weight excluding hydrogens is 242 g/mol. The third kappa shape index (κ3) is 3.91. The van der Waals surface area contributed by atoms with Gasteiger partial charge in [0.15, 0.2) is 0 Å². The molecule has 1 unspecified atom stereocenters. The van der Waals surface area contributed by atoms with Crippen molar-refractivity contribution >= 4 is 17.5 Å². The summed E-state index contributed by atoms with van der Waals surface area (Å²) in [5.41, 5.74) is 2.28. The van der Waals surface area contributed by atoms with Crippen LogP contribution in [0.3, 0.4) is 0 Å². The van der Waals surface area contributed by atoms with Crippen LogP contribution in [0, 0.1) is 0 Å². The molecule has 1 aliphatic rings. The lowest BCUT2D eigenvalue weighted by Crippen LogP contribution is -2.18. The number of nitrogens with zero attached hydrogens (tertiary/aromatic N) is 1. The summed E-state index contributed by atoms with van der Waals surface area (Å²) in [7, 11) is 0. The molecule has 3 heteroatoms. The average Bonchev–Trinajstić information content (AvgIpc) is 2.39. The molecule has 0 bridgehead atoms. The van der Waals surface area contributed by atoms with Crippen molar-refractivity contribution in [1.29, 1.82) is 0 Å². The fraction of sp³-hybridized carbons (Fsp3) is 0.400. The number of allylic oxidation sites excluding steroid dienone is 2. The van der Waals surface area contributed by atoms with Crippen molar-refractivity contribution < 1.29 is 5.21 Å². The number of oxime groups is 1. The molecule has 0 aromatic heterocycles. The second kappa shape index (κ2) is 7.27. The molecule has 0 saturated carbocycles. The fourth-order valence-electron chi connectivity index (χ4n) is 2.11. The molecule has 0 aliphatic heterocycles. The van der Waals surface area contributed by atoms with Crippen LogP contribution < -0.4 is 0 Å². The van der Waals surface area contributed by atoms with Crippen LogP contribution in [0.2, 0.25) is 0 Å². The molecule has 1 atom stereocenters. The Kier molecular flexibility index (Phi) is 5.34. The highest BCUT2D eigenvalue weighted by Gasteiger charge is 2.17. The van der Waals surface area contributed by atoms with E-state index in [0.29, 0.717) is 5.25 Å². The van der Waals surface area contributed by atoms with Crippen LogP contribution in [0.5, 0.6) is 0 Å². The van der Waals surface area contributed by atoms with E-state index in [9.17, 15) is 0 Å². The van der Waals surface area contributed by atoms with Gasteiger partial charge in [0.05, 0.1) is 5.71 Å². The zero-order valence-corrected chi connectivity index (χ0v) is 11.3. The zero-order chi connectivity index (χ0) is 12.6. The Labute approximate surface area is 113 Å². The van der Waals surface area contributed by atoms with E-state index in [2.05, 4.69) is 41.6 Å². The highest BCUT2D eigenvalue weighted by molar-refractivity contribution is 7.99. The van der Waals surface area contributed by atoms with Crippen molar-refractivity contribution in [2.24, 2.45) is 5.16 Å². The van der Waals surface area contributed by atoms with Gasteiger partial charge in [-0.1, -0.05) is 47.6 Å². The van der Waals surface area contributed by atoms with E-state index in [1.807, 2.05) is 17.8 Å². The molecule has 18 heavy (non-hydrogen) atoms. The van der Waals surface area contributed by atoms with Gasteiger partial charge in [0, 0.05) is 11.0 Å². The van der Waals surface area contributed by atoms with Gasteiger partial charge in [-0.15, -0.1) is 11.8 Å². The van der Waals surface area contributed by atoms with Gasteiger partial charge in [-0.05, 0) is 31.2 Å². The molecule has 0 saturated heterocycles. The van der Waals surface area contributed by atoms with E-state index in [-0.39, 0.29) is 0 Å². The highest BCUT2D eigenvalue weighted by atomic mass is 32.2. The topological polar surface area (TPSA) is 32.6 Å². The third-order valence-corrected chi connectivity index (χ3v) is 4.53. The van der Waals surface area contributed by atoms with E-state index in [4.69, 9.17) is 5.21 Å². The van der Waals surface area contributed by atoms with Gasteiger partial charge in [-0.2, -0.15) is 0 Å². The molecular formula is C15H19NOS. The van der Waals surface area contributed by atoms with Gasteiger partial charge >= 0.3 is 0 Å². The summed E-state index contributed by atoms with van der Waals surface area (Å²) in [6.07, 6.45) is 8.42. The van der Waals surface area contributed by atoms with Gasteiger partial charge in [0.25, 0.3) is 0 Å². The van der Waals surface area contributed by atoms with Gasteiger partial charge in [-0.25, -0.2) is 0 Å². The van der Waals surface area contributed by atoms with Crippen molar-refractivity contribution in [2.75, 3.05) is 0 Å². The van der Waals surface area contributed by atoms with Crippen LogP contribution in [0.25, 0.3) is 0 Å². The minimum atomic E-state index is 0.347. The standard InChI is InChI=1S/C15H19NOS/c17-16-14-10-6-1-2-7-11-15(14)18-12-13-8-4-3-5-9-13/h1-5,8-9,15,17H,6-7,10-12H2/b2-1-,16-14+. The summed E-state index contributed by atoms with van der Waals surface area (Å²) in [5, 5.41) is 13.0. The second-order valence-electron chi connectivity index (χ2n) is 4.46. The predicted octanol–water partition coefficient (Wildman–Crippen LogP) is 4.25. The maximum absolute atomic E-state index is 9.13. The maximum Gasteiger partial charge on any atom is 0.0703 e. The lowest BCUT2D eigenvalue weighted by atomic mass is 10.0. The van der Waals surface area contributed by atoms with E-state index in [1.165, 1.54) is 5.56 Å². The predicted molar refractivity (Wildman–Crippen MR) is 78.4 cm³/mol. The Hall–Kier alpha value is -1.22. The first-order chi connectivity index (χ1) is 8.90. The number of hydrogen-bond donors (Lipinski definition) is 1. The van der Waals surface area contributed by atoms with Crippen LogP contribution in [-0.2, 0) is 5.75 Å². The van der Waals surface area contributed by atoms with Crippen molar-refractivity contribution in [1.82, 2.24) is 0 Å². The summed E-state index contributed by atoms with van der Waals surface area (Å²) in [6.45, 7) is 0. The van der Waals surface area contributed by atoms with Crippen molar-refractivity contribution in [3.8, 4) is 0 Å². The summed E-state index contributed by atoms with van der Waals surface area (Å²) in [4.78, 5) is 0. The normalized spacial score (nSPS) is 24.4. The van der Waals surface area contributed by atoms with Gasteiger partial charge in [-0.3, -0.25) is 0 Å². The first kappa shape index (κ1) is 13.2. The van der Waals surface area contributed by atoms with Gasteiger partial charge < -0.3 is 5.21 Å². The molecule has 0 amide bonds. The van der Waals surface area contributed by atoms with Crippen LogP contribution in [0.1, 0.15) is 31.2 Å². The largest absolute Gasteiger partial charge is 0.411 e. The summed E-state index contributed by atoms with van der Waals surface area (Å²) in [5.74, 6) is 0.980. The number of benzene rings is 1. The first-order valence-electron chi connectivity index (χ1n) is 6.41. The lowest BCUT2D eigenvalue weighted by Gasteiger charge is -2.18. The molecule has 1 N–H and O–H groups in total. The summed E-state index contributed by atoms with van der Waals surface area (Å²) >= 11 is 1.88. The lowest BCUT2D eigenvalue weighted by molar-refractivity contribution is 0.316. The summed E-state index contributed by atoms with van der Waals surface area (Å²) in [6, 6.07) is 10.5. The molecule has 2 rings (SSSR count). The monoisotopic (exact) mass is 261 g/mol. The quantitative estimate of drug-likeness (QED) is 0.501. The Bertz CT molecular complexity index is 414. The number of rotatable bonds is 3. The Balaban J connectivity index is 1.95. The molecule has 0 spiro atoms. The molecule has 0 heterocycles. The number of hydrogen-bond acceptors (Lipinski definition) is 3. The SMILES string of the molecule is O/N=C1\CC/C=C\CCC1SCc1ccccc1. The first-order valence-corrected chi connectivity index (χ1v) is 7.46. The van der Waals surface area contributed by atoms with Crippen LogP contribution in [-0.4, -0.2) is 16.2 Å². The maximum atomic E-state index is 9.13. The Morgan fingerprint density at radius 3 is 2.72 bits per heavy atom. The minimum absolute atomic E-state index is 0.347. The number of thioether (sulfide) groups is 1. The van der Waals surface area contributed by atoms with E-state index < -0.39 is 0 Å². The van der Waals surface area contributed by atoms with Crippen LogP contribution in [0.15, 0.2) is 47.6 Å². The zero-order valence-electron chi connectivity index (χ0n) is 10.5. The molecule has 1 aliphatic carbocycles. The Morgan fingerprint density at radius 2 is 1.94 bits per heavy atom. The van der Waals surface area contributed by atoms with E-state index in [0.717, 1.165) is 37.1 Å². The third-order valence-electron chi connectivity index (χ3n) is 3.12. The molecule has 0 fully saturated rings. The molecule has 1 aromatic carbocycles. The molecule has 1 aromatic rings. The highest BCUT2D eigenvalue weighted by Crippen LogP contribution is 2.26. The van der Waals surface area contributed by atoms with E-state index >= 15 is 0 Å². The fourth-order valence-corrected chi connectivity index (χ4v) is 3.35. The molecule has 2 nitrogen and oxygen atoms in total. The van der Waals surface area contributed by atoms with Crippen LogP contribution >= 0.6 is 11.8 Å². The second-order valence-corrected chi connectivity index (χ2v) is 5.66. The van der Waals surface area contributed by atoms with Crippen molar-refractivity contribution in [2.45, 2.75) is 36.7 Å².